The minimum absolute atomic E-state index is 0.0882. The summed E-state index contributed by atoms with van der Waals surface area (Å²) in [5, 5.41) is 22.6. The normalized spacial score (nSPS) is 11.5. The molecule has 142 valence electrons. The van der Waals surface area contributed by atoms with E-state index in [1.165, 1.54) is 6.08 Å². The first-order valence-electron chi connectivity index (χ1n) is 8.63. The number of nitrogens with zero attached hydrogens (tertiary/aromatic N) is 2. The van der Waals surface area contributed by atoms with Crippen LogP contribution in [0, 0.1) is 11.3 Å². The SMILES string of the molecule is N#CCOc1ccc2ccccc2c1/C=C(\Sc1nc2ccccc2o1)C(=O)[O-]. The van der Waals surface area contributed by atoms with Crippen LogP contribution in [-0.4, -0.2) is 17.6 Å². The molecule has 0 spiro atoms. The quantitative estimate of drug-likeness (QED) is 0.358. The number of rotatable bonds is 6. The van der Waals surface area contributed by atoms with Gasteiger partial charge >= 0.3 is 0 Å². The summed E-state index contributed by atoms with van der Waals surface area (Å²) in [5.41, 5.74) is 1.74. The van der Waals surface area contributed by atoms with Crippen molar-refractivity contribution in [2.75, 3.05) is 6.61 Å². The summed E-state index contributed by atoms with van der Waals surface area (Å²) in [6.07, 6.45) is 1.46. The molecule has 0 N–H and O–H groups in total. The summed E-state index contributed by atoms with van der Waals surface area (Å²) in [4.78, 5) is 16.0. The van der Waals surface area contributed by atoms with Crippen molar-refractivity contribution in [3.63, 3.8) is 0 Å². The highest BCUT2D eigenvalue weighted by molar-refractivity contribution is 8.03. The average Bonchev–Trinajstić information content (AvgIpc) is 3.15. The Morgan fingerprint density at radius 3 is 2.76 bits per heavy atom. The molecule has 1 aromatic heterocycles. The lowest BCUT2D eigenvalue weighted by atomic mass is 10.0. The molecule has 0 aliphatic carbocycles. The smallest absolute Gasteiger partial charge is 0.261 e. The van der Waals surface area contributed by atoms with Gasteiger partial charge in [0, 0.05) is 10.5 Å². The molecular weight excluding hydrogens is 388 g/mol. The first kappa shape index (κ1) is 18.6. The molecule has 4 aromatic rings. The fraction of sp³-hybridized carbons (Fsp3) is 0.0455. The monoisotopic (exact) mass is 401 g/mol. The van der Waals surface area contributed by atoms with E-state index in [1.54, 1.807) is 18.2 Å². The summed E-state index contributed by atoms with van der Waals surface area (Å²) >= 11 is 0.859. The van der Waals surface area contributed by atoms with E-state index in [2.05, 4.69) is 4.98 Å². The number of carbonyl (C=O) groups excluding carboxylic acids is 1. The van der Waals surface area contributed by atoms with Gasteiger partial charge in [0.05, 0.1) is 5.97 Å². The van der Waals surface area contributed by atoms with Crippen LogP contribution in [0.15, 0.2) is 75.2 Å². The van der Waals surface area contributed by atoms with Crippen molar-refractivity contribution >= 4 is 45.7 Å². The van der Waals surface area contributed by atoms with Crippen molar-refractivity contribution in [1.29, 1.82) is 5.26 Å². The van der Waals surface area contributed by atoms with Gasteiger partial charge in [0.1, 0.15) is 17.3 Å². The average molecular weight is 401 g/mol. The molecule has 29 heavy (non-hydrogen) atoms. The summed E-state index contributed by atoms with van der Waals surface area (Å²) < 4.78 is 11.1. The molecular formula is C22H13N2O4S-. The summed E-state index contributed by atoms with van der Waals surface area (Å²) in [6.45, 7) is -0.155. The molecule has 0 unspecified atom stereocenters. The number of para-hydroxylation sites is 2. The van der Waals surface area contributed by atoms with E-state index in [-0.39, 0.29) is 16.7 Å². The Morgan fingerprint density at radius 1 is 1.17 bits per heavy atom. The van der Waals surface area contributed by atoms with Gasteiger partial charge in [-0.2, -0.15) is 5.26 Å². The number of oxazole rings is 1. The molecule has 0 radical (unpaired) electrons. The number of carboxylic acids is 1. The maximum absolute atomic E-state index is 11.8. The van der Waals surface area contributed by atoms with Crippen LogP contribution in [0.25, 0.3) is 27.9 Å². The zero-order valence-corrected chi connectivity index (χ0v) is 15.8. The van der Waals surface area contributed by atoms with Gasteiger partial charge in [-0.3, -0.25) is 0 Å². The molecule has 6 nitrogen and oxygen atoms in total. The Hall–Kier alpha value is -3.76. The Balaban J connectivity index is 1.80. The second kappa shape index (κ2) is 8.09. The van der Waals surface area contributed by atoms with E-state index in [1.807, 2.05) is 48.5 Å². The van der Waals surface area contributed by atoms with Crippen molar-refractivity contribution in [3.05, 3.63) is 71.1 Å². The third-order valence-corrected chi connectivity index (χ3v) is 5.02. The van der Waals surface area contributed by atoms with Gasteiger partial charge in [0.15, 0.2) is 12.2 Å². The molecule has 0 bridgehead atoms. The van der Waals surface area contributed by atoms with Gasteiger partial charge in [-0.1, -0.05) is 42.5 Å². The molecule has 1 heterocycles. The molecule has 0 saturated carbocycles. The van der Waals surface area contributed by atoms with Gasteiger partial charge in [-0.05, 0) is 46.8 Å². The first-order chi connectivity index (χ1) is 14.2. The molecule has 0 saturated heterocycles. The van der Waals surface area contributed by atoms with Gasteiger partial charge in [-0.25, -0.2) is 4.98 Å². The van der Waals surface area contributed by atoms with Crippen LogP contribution >= 0.6 is 11.8 Å². The number of hydrogen-bond donors (Lipinski definition) is 0. The van der Waals surface area contributed by atoms with Crippen LogP contribution < -0.4 is 9.84 Å². The maximum atomic E-state index is 11.8. The number of nitriles is 1. The molecule has 0 atom stereocenters. The standard InChI is InChI=1S/C22H14N2O4S/c23-11-12-27-18-10-9-14-5-1-2-6-15(14)16(18)13-20(21(25)26)29-22-24-17-7-3-4-8-19(17)28-22/h1-10,13H,12H2,(H,25,26)/p-1/b20-13-. The van der Waals surface area contributed by atoms with Gasteiger partial charge in [0.2, 0.25) is 0 Å². The molecule has 3 aromatic carbocycles. The minimum atomic E-state index is -1.36. The minimum Gasteiger partial charge on any atom is -0.544 e. The summed E-state index contributed by atoms with van der Waals surface area (Å²) in [5.74, 6) is -0.960. The number of aliphatic carboxylic acids is 1. The van der Waals surface area contributed by atoms with Crippen molar-refractivity contribution < 1.29 is 19.1 Å². The number of thioether (sulfide) groups is 1. The third kappa shape index (κ3) is 3.93. The number of carbonyl (C=O) groups is 1. The highest BCUT2D eigenvalue weighted by Crippen LogP contribution is 2.35. The van der Waals surface area contributed by atoms with Gasteiger partial charge in [-0.15, -0.1) is 0 Å². The molecule has 4 rings (SSSR count). The summed E-state index contributed by atoms with van der Waals surface area (Å²) in [7, 11) is 0. The van der Waals surface area contributed by atoms with Crippen LogP contribution in [0.4, 0.5) is 0 Å². The zero-order valence-electron chi connectivity index (χ0n) is 15.0. The predicted molar refractivity (Wildman–Crippen MR) is 108 cm³/mol. The van der Waals surface area contributed by atoms with E-state index in [0.29, 0.717) is 22.4 Å². The van der Waals surface area contributed by atoms with E-state index in [0.717, 1.165) is 22.5 Å². The molecule has 7 heteroatoms. The predicted octanol–water partition coefficient (Wildman–Crippen LogP) is 3.77. The van der Waals surface area contributed by atoms with E-state index in [4.69, 9.17) is 14.4 Å². The van der Waals surface area contributed by atoms with E-state index in [9.17, 15) is 9.90 Å². The Labute approximate surface area is 170 Å². The molecule has 0 aliphatic heterocycles. The number of carboxylic acid groups (broad SMARTS) is 1. The largest absolute Gasteiger partial charge is 0.544 e. The van der Waals surface area contributed by atoms with E-state index >= 15 is 0 Å². The lowest BCUT2D eigenvalue weighted by molar-refractivity contribution is -0.298. The van der Waals surface area contributed by atoms with Gasteiger partial charge < -0.3 is 19.1 Å². The Bertz CT molecular complexity index is 1250. The van der Waals surface area contributed by atoms with Crippen LogP contribution in [0.1, 0.15) is 5.56 Å². The molecule has 0 fully saturated rings. The maximum Gasteiger partial charge on any atom is 0.261 e. The zero-order chi connectivity index (χ0) is 20.2. The van der Waals surface area contributed by atoms with E-state index < -0.39 is 5.97 Å². The number of aromatic nitrogens is 1. The first-order valence-corrected chi connectivity index (χ1v) is 9.45. The van der Waals surface area contributed by atoms with Crippen LogP contribution in [0.3, 0.4) is 0 Å². The van der Waals surface area contributed by atoms with Crippen molar-refractivity contribution in [3.8, 4) is 11.8 Å². The Morgan fingerprint density at radius 2 is 1.97 bits per heavy atom. The van der Waals surface area contributed by atoms with Gasteiger partial charge in [0.25, 0.3) is 5.22 Å². The molecule has 0 aliphatic rings. The number of hydrogen-bond acceptors (Lipinski definition) is 7. The lowest BCUT2D eigenvalue weighted by Gasteiger charge is -2.12. The van der Waals surface area contributed by atoms with Crippen molar-refractivity contribution in [2.45, 2.75) is 5.22 Å². The van der Waals surface area contributed by atoms with Crippen molar-refractivity contribution in [1.82, 2.24) is 4.98 Å². The fourth-order valence-corrected chi connectivity index (χ4v) is 3.63. The summed E-state index contributed by atoms with van der Waals surface area (Å²) in [6, 6.07) is 20.2. The third-order valence-electron chi connectivity index (χ3n) is 4.17. The highest BCUT2D eigenvalue weighted by Gasteiger charge is 2.13. The van der Waals surface area contributed by atoms with Crippen molar-refractivity contribution in [2.24, 2.45) is 0 Å². The molecule has 0 amide bonds. The fourth-order valence-electron chi connectivity index (χ4n) is 2.91. The lowest BCUT2D eigenvalue weighted by Crippen LogP contribution is -2.23. The number of benzene rings is 3. The second-order valence-corrected chi connectivity index (χ2v) is 6.98. The topological polar surface area (TPSA) is 99.2 Å². The second-order valence-electron chi connectivity index (χ2n) is 5.99. The van der Waals surface area contributed by atoms with Crippen LogP contribution in [-0.2, 0) is 4.79 Å². The number of ether oxygens (including phenoxy) is 1. The van der Waals surface area contributed by atoms with Crippen LogP contribution in [0.2, 0.25) is 0 Å². The highest BCUT2D eigenvalue weighted by atomic mass is 32.2. The number of fused-ring (bicyclic) bond motifs is 2. The Kier molecular flexibility index (Phi) is 5.18. The van der Waals surface area contributed by atoms with Crippen LogP contribution in [0.5, 0.6) is 5.75 Å².